The molecule has 0 heterocycles. The van der Waals surface area contributed by atoms with Crippen LogP contribution in [-0.2, 0) is 0 Å². The lowest BCUT2D eigenvalue weighted by atomic mass is 10.5. The third kappa shape index (κ3) is 4.73. The Bertz CT molecular complexity index is 91.6. The molecule has 0 aliphatic carbocycles. The molecule has 0 amide bonds. The molecule has 0 aromatic carbocycles. The quantitative estimate of drug-likeness (QED) is 0.379. The summed E-state index contributed by atoms with van der Waals surface area (Å²) in [5, 5.41) is -0.182. The lowest BCUT2D eigenvalue weighted by molar-refractivity contribution is 1.30. The summed E-state index contributed by atoms with van der Waals surface area (Å²) in [5.41, 5.74) is 0. The van der Waals surface area contributed by atoms with Gasteiger partial charge in [-0.25, -0.2) is 0 Å². The molecule has 0 nitrogen and oxygen atoms in total. The maximum absolute atomic E-state index is 5.46. The van der Waals surface area contributed by atoms with Crippen LogP contribution in [0.1, 0.15) is 0 Å². The second kappa shape index (κ2) is 5.02. The first-order chi connectivity index (χ1) is 3.31. The fraction of sp³-hybridized carbons (Fsp3) is 0.500. The van der Waals surface area contributed by atoms with Gasteiger partial charge in [-0.3, -0.25) is 0 Å². The monoisotopic (exact) mass is 248 g/mol. The molecule has 0 saturated carbocycles. The molecule has 0 rings (SSSR count). The number of hydrogen-bond donors (Lipinski definition) is 0. The summed E-state index contributed by atoms with van der Waals surface area (Å²) in [4.78, 5) is 0. The Hall–Kier alpha value is 0.870. The maximum atomic E-state index is 5.46. The molecule has 0 aromatic rings. The Morgan fingerprint density at radius 3 is 2.43 bits per heavy atom. The fourth-order valence-corrected chi connectivity index (χ4v) is 0.789. The Morgan fingerprint density at radius 2 is 2.29 bits per heavy atom. The van der Waals surface area contributed by atoms with E-state index in [-0.39, 0.29) is 5.38 Å². The summed E-state index contributed by atoms with van der Waals surface area (Å²) in [5.74, 6) is 3.07. The third-order valence-electron chi connectivity index (χ3n) is 0.347. The van der Waals surface area contributed by atoms with Crippen molar-refractivity contribution in [3.63, 3.8) is 0 Å². The van der Waals surface area contributed by atoms with Crippen LogP contribution in [-0.4, -0.2) is 11.3 Å². The van der Waals surface area contributed by atoms with E-state index in [1.807, 2.05) is 22.6 Å². The molecule has 1 atom stereocenters. The van der Waals surface area contributed by atoms with Gasteiger partial charge >= 0.3 is 0 Å². The average molecular weight is 249 g/mol. The van der Waals surface area contributed by atoms with Gasteiger partial charge in [-0.05, 0) is 3.93 Å². The van der Waals surface area contributed by atoms with Gasteiger partial charge in [0.05, 0.1) is 0 Å². The minimum Gasteiger partial charge on any atom is -0.124 e. The molecule has 7 heavy (non-hydrogen) atoms. The van der Waals surface area contributed by atoms with Crippen LogP contribution in [0.3, 0.4) is 0 Å². The third-order valence-corrected chi connectivity index (χ3v) is 1.39. The first kappa shape index (κ1) is 7.87. The highest BCUT2D eigenvalue weighted by atomic mass is 127. The standard InChI is InChI=1S/C4H3Cl2I/c5-3-4(6)1-2-7/h4H,3H2. The second-order valence-electron chi connectivity index (χ2n) is 0.861. The van der Waals surface area contributed by atoms with Gasteiger partial charge < -0.3 is 0 Å². The molecule has 0 N–H and O–H groups in total. The summed E-state index contributed by atoms with van der Waals surface area (Å²) in [7, 11) is 0. The maximum Gasteiger partial charge on any atom is 0.109 e. The molecule has 40 valence electrons. The van der Waals surface area contributed by atoms with E-state index in [4.69, 9.17) is 23.2 Å². The van der Waals surface area contributed by atoms with E-state index in [2.05, 4.69) is 9.85 Å². The lowest BCUT2D eigenvalue weighted by Crippen LogP contribution is -1.92. The topological polar surface area (TPSA) is 0 Å². The van der Waals surface area contributed by atoms with Crippen LogP contribution in [0.25, 0.3) is 0 Å². The molecule has 0 radical (unpaired) electrons. The molecule has 0 spiro atoms. The van der Waals surface area contributed by atoms with Gasteiger partial charge in [0.2, 0.25) is 0 Å². The predicted octanol–water partition coefficient (Wildman–Crippen LogP) is 2.23. The van der Waals surface area contributed by atoms with Crippen molar-refractivity contribution in [2.24, 2.45) is 0 Å². The number of halogens is 3. The van der Waals surface area contributed by atoms with Crippen molar-refractivity contribution < 1.29 is 0 Å². The van der Waals surface area contributed by atoms with Crippen molar-refractivity contribution in [3.05, 3.63) is 0 Å². The SMILES string of the molecule is ClCC(Cl)C#CI. The Morgan fingerprint density at radius 1 is 1.71 bits per heavy atom. The van der Waals surface area contributed by atoms with Crippen molar-refractivity contribution in [1.29, 1.82) is 0 Å². The zero-order valence-electron chi connectivity index (χ0n) is 3.42. The van der Waals surface area contributed by atoms with Gasteiger partial charge in [0.25, 0.3) is 0 Å². The Labute approximate surface area is 66.7 Å². The van der Waals surface area contributed by atoms with E-state index >= 15 is 0 Å². The largest absolute Gasteiger partial charge is 0.124 e. The smallest absolute Gasteiger partial charge is 0.109 e. The van der Waals surface area contributed by atoms with Gasteiger partial charge in [-0.1, -0.05) is 5.92 Å². The van der Waals surface area contributed by atoms with Crippen LogP contribution in [0.5, 0.6) is 0 Å². The van der Waals surface area contributed by atoms with Gasteiger partial charge in [-0.15, -0.1) is 23.2 Å². The van der Waals surface area contributed by atoms with E-state index in [9.17, 15) is 0 Å². The van der Waals surface area contributed by atoms with Crippen molar-refractivity contribution in [2.45, 2.75) is 5.38 Å². The van der Waals surface area contributed by atoms with Crippen molar-refractivity contribution >= 4 is 45.8 Å². The molecule has 0 bridgehead atoms. The zero-order valence-corrected chi connectivity index (χ0v) is 7.09. The number of alkyl halides is 2. The van der Waals surface area contributed by atoms with E-state index in [0.29, 0.717) is 5.88 Å². The summed E-state index contributed by atoms with van der Waals surface area (Å²) in [6.45, 7) is 0. The minimum absolute atomic E-state index is 0.182. The van der Waals surface area contributed by atoms with Crippen LogP contribution < -0.4 is 0 Å². The van der Waals surface area contributed by atoms with Crippen LogP contribution in [0.2, 0.25) is 0 Å². The summed E-state index contributed by atoms with van der Waals surface area (Å²) in [6.07, 6.45) is 0. The zero-order chi connectivity index (χ0) is 5.70. The van der Waals surface area contributed by atoms with Gasteiger partial charge in [-0.2, -0.15) is 0 Å². The molecule has 1 unspecified atom stereocenters. The highest BCUT2D eigenvalue weighted by Crippen LogP contribution is 1.95. The molecule has 0 aromatic heterocycles. The van der Waals surface area contributed by atoms with E-state index in [0.717, 1.165) is 0 Å². The molecule has 0 saturated heterocycles. The number of rotatable bonds is 1. The second-order valence-corrected chi connectivity index (χ2v) is 2.24. The molecule has 0 aliphatic heterocycles. The van der Waals surface area contributed by atoms with E-state index < -0.39 is 0 Å². The molecule has 0 fully saturated rings. The van der Waals surface area contributed by atoms with Gasteiger partial charge in [0, 0.05) is 28.5 Å². The summed E-state index contributed by atoms with van der Waals surface area (Å²) < 4.78 is 2.62. The highest BCUT2D eigenvalue weighted by molar-refractivity contribution is 14.1. The van der Waals surface area contributed by atoms with Crippen molar-refractivity contribution in [1.82, 2.24) is 0 Å². The Kier molecular flexibility index (Phi) is 5.64. The summed E-state index contributed by atoms with van der Waals surface area (Å²) in [6, 6.07) is 0. The normalized spacial score (nSPS) is 11.9. The molecule has 0 aliphatic rings. The number of hydrogen-bond acceptors (Lipinski definition) is 0. The summed E-state index contributed by atoms with van der Waals surface area (Å²) >= 11 is 12.7. The van der Waals surface area contributed by atoms with Crippen LogP contribution >= 0.6 is 45.8 Å². The lowest BCUT2D eigenvalue weighted by Gasteiger charge is -1.86. The van der Waals surface area contributed by atoms with E-state index in [1.165, 1.54) is 0 Å². The predicted molar refractivity (Wildman–Crippen MR) is 42.2 cm³/mol. The van der Waals surface area contributed by atoms with Gasteiger partial charge in [0.1, 0.15) is 5.38 Å². The molecular formula is C4H3Cl2I. The van der Waals surface area contributed by atoms with Crippen LogP contribution in [0.4, 0.5) is 0 Å². The Balaban J connectivity index is 3.29. The minimum atomic E-state index is -0.182. The van der Waals surface area contributed by atoms with Crippen molar-refractivity contribution in [3.8, 4) is 9.85 Å². The molecule has 3 heteroatoms. The first-order valence-electron chi connectivity index (χ1n) is 1.62. The van der Waals surface area contributed by atoms with Crippen LogP contribution in [0, 0.1) is 9.85 Å². The van der Waals surface area contributed by atoms with Gasteiger partial charge in [0.15, 0.2) is 0 Å². The van der Waals surface area contributed by atoms with E-state index in [1.54, 1.807) is 0 Å². The van der Waals surface area contributed by atoms with Crippen molar-refractivity contribution in [2.75, 3.05) is 5.88 Å². The average Bonchev–Trinajstić information content (AvgIpc) is 1.68. The first-order valence-corrected chi connectivity index (χ1v) is 3.67. The fourth-order valence-electron chi connectivity index (χ4n) is 0.0978. The molecular weight excluding hydrogens is 246 g/mol. The van der Waals surface area contributed by atoms with Crippen LogP contribution in [0.15, 0.2) is 0 Å². The highest BCUT2D eigenvalue weighted by Gasteiger charge is 1.91.